The Bertz CT molecular complexity index is 686. The number of nitrogens with zero attached hydrogens (tertiary/aromatic N) is 1. The minimum absolute atomic E-state index is 0.695. The Labute approximate surface area is 104 Å². The third kappa shape index (κ3) is 1.67. The monoisotopic (exact) mass is 242 g/mol. The van der Waals surface area contributed by atoms with Crippen LogP contribution >= 0.6 is 11.6 Å². The summed E-state index contributed by atoms with van der Waals surface area (Å²) in [6.07, 6.45) is 2.01. The predicted molar refractivity (Wildman–Crippen MR) is 72.7 cm³/mol. The number of hydrogen-bond donors (Lipinski definition) is 1. The van der Waals surface area contributed by atoms with Crippen LogP contribution in [0.25, 0.3) is 16.6 Å². The van der Waals surface area contributed by atoms with E-state index in [1.165, 1.54) is 5.39 Å². The van der Waals surface area contributed by atoms with Crippen molar-refractivity contribution in [3.8, 4) is 5.69 Å². The summed E-state index contributed by atoms with van der Waals surface area (Å²) >= 11 is 6.21. The molecule has 0 fully saturated rings. The largest absolute Gasteiger partial charge is 0.399 e. The van der Waals surface area contributed by atoms with Crippen LogP contribution in [0.5, 0.6) is 0 Å². The van der Waals surface area contributed by atoms with Gasteiger partial charge in [-0.25, -0.2) is 0 Å². The normalized spacial score (nSPS) is 10.9. The average Bonchev–Trinajstić information content (AvgIpc) is 2.76. The second kappa shape index (κ2) is 3.82. The van der Waals surface area contributed by atoms with E-state index in [0.29, 0.717) is 10.7 Å². The molecule has 0 saturated carbocycles. The van der Waals surface area contributed by atoms with Gasteiger partial charge >= 0.3 is 0 Å². The third-order valence-corrected chi connectivity index (χ3v) is 3.15. The molecule has 1 heterocycles. The van der Waals surface area contributed by atoms with E-state index in [1.54, 1.807) is 6.07 Å². The van der Waals surface area contributed by atoms with E-state index in [1.807, 2.05) is 35.0 Å². The summed E-state index contributed by atoms with van der Waals surface area (Å²) in [5.41, 5.74) is 8.55. The molecule has 17 heavy (non-hydrogen) atoms. The molecular weight excluding hydrogens is 232 g/mol. The van der Waals surface area contributed by atoms with Gasteiger partial charge in [-0.2, -0.15) is 0 Å². The molecule has 84 valence electrons. The van der Waals surface area contributed by atoms with Gasteiger partial charge in [-0.05, 0) is 35.7 Å². The van der Waals surface area contributed by atoms with Crippen LogP contribution in [0.1, 0.15) is 0 Å². The van der Waals surface area contributed by atoms with Crippen LogP contribution in [0, 0.1) is 0 Å². The van der Waals surface area contributed by atoms with Crippen molar-refractivity contribution < 1.29 is 0 Å². The summed E-state index contributed by atoms with van der Waals surface area (Å²) in [6, 6.07) is 15.7. The molecule has 3 heteroatoms. The highest BCUT2D eigenvalue weighted by molar-refractivity contribution is 6.32. The number of hydrogen-bond acceptors (Lipinski definition) is 1. The van der Waals surface area contributed by atoms with Gasteiger partial charge in [-0.1, -0.05) is 29.8 Å². The number of fused-ring (bicyclic) bond motifs is 1. The second-order valence-corrected chi connectivity index (χ2v) is 4.36. The van der Waals surface area contributed by atoms with Crippen molar-refractivity contribution in [2.45, 2.75) is 0 Å². The van der Waals surface area contributed by atoms with Crippen LogP contribution in [-0.2, 0) is 0 Å². The zero-order valence-corrected chi connectivity index (χ0v) is 9.85. The molecule has 2 N–H and O–H groups in total. The van der Waals surface area contributed by atoms with Crippen molar-refractivity contribution in [3.05, 3.63) is 59.8 Å². The van der Waals surface area contributed by atoms with Gasteiger partial charge in [0.1, 0.15) is 0 Å². The molecule has 2 aromatic carbocycles. The number of halogens is 1. The van der Waals surface area contributed by atoms with Crippen LogP contribution in [0.3, 0.4) is 0 Å². The van der Waals surface area contributed by atoms with E-state index in [0.717, 1.165) is 11.2 Å². The van der Waals surface area contributed by atoms with Gasteiger partial charge < -0.3 is 10.3 Å². The molecule has 3 rings (SSSR count). The maximum atomic E-state index is 6.21. The van der Waals surface area contributed by atoms with Crippen LogP contribution in [0.2, 0.25) is 5.02 Å². The molecule has 0 amide bonds. The SMILES string of the molecule is Nc1ccc(Cl)c(-n2ccc3ccccc32)c1. The Morgan fingerprint density at radius 3 is 2.71 bits per heavy atom. The predicted octanol–water partition coefficient (Wildman–Crippen LogP) is 3.87. The van der Waals surface area contributed by atoms with Crippen LogP contribution in [-0.4, -0.2) is 4.57 Å². The zero-order valence-electron chi connectivity index (χ0n) is 9.10. The maximum Gasteiger partial charge on any atom is 0.0662 e. The highest BCUT2D eigenvalue weighted by Crippen LogP contribution is 2.27. The highest BCUT2D eigenvalue weighted by Gasteiger charge is 2.06. The molecule has 0 atom stereocenters. The molecule has 3 aromatic rings. The lowest BCUT2D eigenvalue weighted by Crippen LogP contribution is -1.95. The fourth-order valence-electron chi connectivity index (χ4n) is 2.01. The number of nitrogen functional groups attached to an aromatic ring is 1. The van der Waals surface area contributed by atoms with E-state index < -0.39 is 0 Å². The van der Waals surface area contributed by atoms with E-state index in [9.17, 15) is 0 Å². The van der Waals surface area contributed by atoms with Crippen molar-refractivity contribution >= 4 is 28.2 Å². The summed E-state index contributed by atoms with van der Waals surface area (Å²) in [6.45, 7) is 0. The second-order valence-electron chi connectivity index (χ2n) is 3.96. The van der Waals surface area contributed by atoms with Crippen LogP contribution in [0.15, 0.2) is 54.7 Å². The number of nitrogens with two attached hydrogens (primary N) is 1. The number of rotatable bonds is 1. The van der Waals surface area contributed by atoms with E-state index in [-0.39, 0.29) is 0 Å². The number of benzene rings is 2. The molecule has 0 unspecified atom stereocenters. The molecule has 0 aliphatic heterocycles. The molecule has 1 aromatic heterocycles. The molecule has 2 nitrogen and oxygen atoms in total. The van der Waals surface area contributed by atoms with Gasteiger partial charge in [0.15, 0.2) is 0 Å². The Balaban J connectivity index is 2.31. The Kier molecular flexibility index (Phi) is 2.30. The van der Waals surface area contributed by atoms with E-state index in [4.69, 9.17) is 17.3 Å². The van der Waals surface area contributed by atoms with Crippen molar-refractivity contribution in [1.29, 1.82) is 0 Å². The zero-order chi connectivity index (χ0) is 11.8. The summed E-state index contributed by atoms with van der Waals surface area (Å²) in [5, 5.41) is 1.88. The first-order chi connectivity index (χ1) is 8.25. The molecule has 0 bridgehead atoms. The molecule has 0 aliphatic rings. The lowest BCUT2D eigenvalue weighted by atomic mass is 10.2. The number of aromatic nitrogens is 1. The highest BCUT2D eigenvalue weighted by atomic mass is 35.5. The van der Waals surface area contributed by atoms with Gasteiger partial charge in [0.25, 0.3) is 0 Å². The summed E-state index contributed by atoms with van der Waals surface area (Å²) in [5.74, 6) is 0. The van der Waals surface area contributed by atoms with Crippen molar-refractivity contribution in [2.24, 2.45) is 0 Å². The molecular formula is C14H11ClN2. The Morgan fingerprint density at radius 2 is 1.82 bits per heavy atom. The van der Waals surface area contributed by atoms with Crippen LogP contribution in [0.4, 0.5) is 5.69 Å². The summed E-state index contributed by atoms with van der Waals surface area (Å²) in [4.78, 5) is 0. The summed E-state index contributed by atoms with van der Waals surface area (Å²) in [7, 11) is 0. The van der Waals surface area contributed by atoms with Crippen molar-refractivity contribution in [3.63, 3.8) is 0 Å². The molecule has 0 saturated heterocycles. The van der Waals surface area contributed by atoms with E-state index in [2.05, 4.69) is 18.2 Å². The van der Waals surface area contributed by atoms with Crippen LogP contribution < -0.4 is 5.73 Å². The minimum Gasteiger partial charge on any atom is -0.399 e. The third-order valence-electron chi connectivity index (χ3n) is 2.83. The standard InChI is InChI=1S/C14H11ClN2/c15-12-6-5-11(16)9-14(12)17-8-7-10-3-1-2-4-13(10)17/h1-9H,16H2. The Morgan fingerprint density at radius 1 is 1.00 bits per heavy atom. The average molecular weight is 243 g/mol. The van der Waals surface area contributed by atoms with Crippen molar-refractivity contribution in [1.82, 2.24) is 4.57 Å². The van der Waals surface area contributed by atoms with Gasteiger partial charge in [0.2, 0.25) is 0 Å². The fourth-order valence-corrected chi connectivity index (χ4v) is 2.22. The van der Waals surface area contributed by atoms with E-state index >= 15 is 0 Å². The first-order valence-corrected chi connectivity index (χ1v) is 5.75. The topological polar surface area (TPSA) is 30.9 Å². The lowest BCUT2D eigenvalue weighted by Gasteiger charge is -2.08. The first kappa shape index (κ1) is 10.2. The summed E-state index contributed by atoms with van der Waals surface area (Å²) < 4.78 is 2.05. The van der Waals surface area contributed by atoms with Gasteiger partial charge in [-0.15, -0.1) is 0 Å². The maximum absolute atomic E-state index is 6.21. The minimum atomic E-state index is 0.695. The first-order valence-electron chi connectivity index (χ1n) is 5.37. The lowest BCUT2D eigenvalue weighted by molar-refractivity contribution is 1.13. The number of para-hydroxylation sites is 1. The van der Waals surface area contributed by atoms with Gasteiger partial charge in [0, 0.05) is 11.9 Å². The molecule has 0 radical (unpaired) electrons. The van der Waals surface area contributed by atoms with Gasteiger partial charge in [0.05, 0.1) is 16.2 Å². The smallest absolute Gasteiger partial charge is 0.0662 e. The molecule has 0 spiro atoms. The fraction of sp³-hybridized carbons (Fsp3) is 0. The molecule has 0 aliphatic carbocycles. The Hall–Kier alpha value is -1.93. The van der Waals surface area contributed by atoms with Crippen molar-refractivity contribution in [2.75, 3.05) is 5.73 Å². The quantitative estimate of drug-likeness (QED) is 0.646. The number of anilines is 1. The van der Waals surface area contributed by atoms with Gasteiger partial charge in [-0.3, -0.25) is 0 Å².